The SMILES string of the molecule is CCN(CCCNC(=O)C(=O)Nc1ccccc1C(=O)N(C)C)c1ccccc1. The Labute approximate surface area is 171 Å². The van der Waals surface area contributed by atoms with Gasteiger partial charge in [0.2, 0.25) is 0 Å². The number of hydrogen-bond acceptors (Lipinski definition) is 4. The molecular weight excluding hydrogens is 368 g/mol. The molecule has 0 bridgehead atoms. The van der Waals surface area contributed by atoms with Crippen LogP contribution in [0, 0.1) is 0 Å². The van der Waals surface area contributed by atoms with Gasteiger partial charge in [-0.3, -0.25) is 14.4 Å². The van der Waals surface area contributed by atoms with E-state index in [0.717, 1.165) is 18.8 Å². The van der Waals surface area contributed by atoms with Crippen LogP contribution in [-0.2, 0) is 9.59 Å². The van der Waals surface area contributed by atoms with E-state index >= 15 is 0 Å². The number of para-hydroxylation sites is 2. The van der Waals surface area contributed by atoms with Gasteiger partial charge in [-0.05, 0) is 37.6 Å². The lowest BCUT2D eigenvalue weighted by atomic mass is 10.1. The number of amides is 3. The van der Waals surface area contributed by atoms with Crippen LogP contribution in [0.5, 0.6) is 0 Å². The van der Waals surface area contributed by atoms with Gasteiger partial charge in [0, 0.05) is 39.4 Å². The molecule has 2 N–H and O–H groups in total. The summed E-state index contributed by atoms with van der Waals surface area (Å²) in [4.78, 5) is 40.1. The molecule has 0 spiro atoms. The molecule has 7 nitrogen and oxygen atoms in total. The fraction of sp³-hybridized carbons (Fsp3) is 0.318. The molecule has 0 fully saturated rings. The summed E-state index contributed by atoms with van der Waals surface area (Å²) in [5.41, 5.74) is 1.77. The summed E-state index contributed by atoms with van der Waals surface area (Å²) in [6.07, 6.45) is 0.706. The maximum Gasteiger partial charge on any atom is 0.313 e. The van der Waals surface area contributed by atoms with Crippen molar-refractivity contribution in [2.45, 2.75) is 13.3 Å². The summed E-state index contributed by atoms with van der Waals surface area (Å²) < 4.78 is 0. The quantitative estimate of drug-likeness (QED) is 0.530. The standard InChI is InChI=1S/C22H28N4O3/c1-4-26(17-11-6-5-7-12-17)16-10-15-23-20(27)21(28)24-19-14-9-8-13-18(19)22(29)25(2)3/h5-9,11-14H,4,10,15-16H2,1-3H3,(H,23,27)(H,24,28). The van der Waals surface area contributed by atoms with E-state index < -0.39 is 11.8 Å². The lowest BCUT2D eigenvalue weighted by Crippen LogP contribution is -2.37. The fourth-order valence-electron chi connectivity index (χ4n) is 2.86. The second-order valence-electron chi connectivity index (χ2n) is 6.72. The van der Waals surface area contributed by atoms with Crippen LogP contribution < -0.4 is 15.5 Å². The van der Waals surface area contributed by atoms with Crippen molar-refractivity contribution in [3.63, 3.8) is 0 Å². The summed E-state index contributed by atoms with van der Waals surface area (Å²) in [6, 6.07) is 16.7. The number of benzene rings is 2. The number of nitrogens with one attached hydrogen (secondary N) is 2. The highest BCUT2D eigenvalue weighted by Gasteiger charge is 2.18. The molecule has 0 saturated heterocycles. The highest BCUT2D eigenvalue weighted by Crippen LogP contribution is 2.16. The van der Waals surface area contributed by atoms with E-state index in [4.69, 9.17) is 0 Å². The minimum absolute atomic E-state index is 0.248. The third-order valence-corrected chi connectivity index (χ3v) is 4.41. The fourth-order valence-corrected chi connectivity index (χ4v) is 2.86. The zero-order valence-electron chi connectivity index (χ0n) is 17.1. The second-order valence-corrected chi connectivity index (χ2v) is 6.72. The van der Waals surface area contributed by atoms with Gasteiger partial charge in [0.25, 0.3) is 5.91 Å². The van der Waals surface area contributed by atoms with E-state index in [9.17, 15) is 14.4 Å². The van der Waals surface area contributed by atoms with Gasteiger partial charge in [-0.25, -0.2) is 0 Å². The third kappa shape index (κ3) is 6.34. The van der Waals surface area contributed by atoms with Crippen LogP contribution in [0.2, 0.25) is 0 Å². The van der Waals surface area contributed by atoms with Crippen molar-refractivity contribution in [3.05, 3.63) is 60.2 Å². The molecule has 0 aliphatic heterocycles. The Hall–Kier alpha value is -3.35. The summed E-state index contributed by atoms with van der Waals surface area (Å²) in [5, 5.41) is 5.16. The maximum atomic E-state index is 12.2. The zero-order chi connectivity index (χ0) is 21.2. The van der Waals surface area contributed by atoms with Crippen LogP contribution >= 0.6 is 0 Å². The van der Waals surface area contributed by atoms with Crippen molar-refractivity contribution >= 4 is 29.1 Å². The van der Waals surface area contributed by atoms with Crippen molar-refractivity contribution in [2.75, 3.05) is 43.9 Å². The smallest absolute Gasteiger partial charge is 0.313 e. The monoisotopic (exact) mass is 396 g/mol. The van der Waals surface area contributed by atoms with Crippen molar-refractivity contribution in [1.29, 1.82) is 0 Å². The molecule has 0 atom stereocenters. The number of rotatable bonds is 8. The Kier molecular flexibility index (Phi) is 8.21. The Bertz CT molecular complexity index is 837. The Morgan fingerprint density at radius 3 is 2.21 bits per heavy atom. The Morgan fingerprint density at radius 1 is 0.897 bits per heavy atom. The molecule has 154 valence electrons. The molecule has 0 aliphatic rings. The molecule has 2 rings (SSSR count). The van der Waals surface area contributed by atoms with Gasteiger partial charge in [0.15, 0.2) is 0 Å². The first-order valence-corrected chi connectivity index (χ1v) is 9.64. The summed E-state index contributed by atoms with van der Waals surface area (Å²) in [6.45, 7) is 4.08. The molecule has 0 unspecified atom stereocenters. The molecule has 0 aliphatic carbocycles. The topological polar surface area (TPSA) is 81.8 Å². The predicted octanol–water partition coefficient (Wildman–Crippen LogP) is 2.36. The molecule has 0 heterocycles. The second kappa shape index (κ2) is 10.8. The molecule has 3 amide bonds. The normalized spacial score (nSPS) is 10.2. The third-order valence-electron chi connectivity index (χ3n) is 4.41. The Balaban J connectivity index is 1.84. The molecular formula is C22H28N4O3. The minimum atomic E-state index is -0.792. The van der Waals surface area contributed by atoms with Crippen LogP contribution in [0.4, 0.5) is 11.4 Å². The van der Waals surface area contributed by atoms with E-state index in [1.54, 1.807) is 38.4 Å². The van der Waals surface area contributed by atoms with Gasteiger partial charge in [-0.15, -0.1) is 0 Å². The molecule has 2 aromatic rings. The average Bonchev–Trinajstić information content (AvgIpc) is 2.74. The van der Waals surface area contributed by atoms with Crippen molar-refractivity contribution in [3.8, 4) is 0 Å². The first-order chi connectivity index (χ1) is 13.9. The lowest BCUT2D eigenvalue weighted by Gasteiger charge is -2.23. The van der Waals surface area contributed by atoms with Gasteiger partial charge in [-0.1, -0.05) is 30.3 Å². The molecule has 2 aromatic carbocycles. The maximum absolute atomic E-state index is 12.2. The van der Waals surface area contributed by atoms with Gasteiger partial charge >= 0.3 is 11.8 Å². The molecule has 0 saturated carbocycles. The van der Waals surface area contributed by atoms with Crippen LogP contribution in [0.25, 0.3) is 0 Å². The van der Waals surface area contributed by atoms with Gasteiger partial charge < -0.3 is 20.4 Å². The zero-order valence-corrected chi connectivity index (χ0v) is 17.1. The van der Waals surface area contributed by atoms with E-state index in [0.29, 0.717) is 24.2 Å². The summed E-state index contributed by atoms with van der Waals surface area (Å²) in [7, 11) is 3.26. The number of anilines is 2. The molecule has 29 heavy (non-hydrogen) atoms. The average molecular weight is 396 g/mol. The van der Waals surface area contributed by atoms with Crippen LogP contribution in [0.15, 0.2) is 54.6 Å². The molecule has 0 radical (unpaired) electrons. The number of nitrogens with zero attached hydrogens (tertiary/aromatic N) is 2. The van der Waals surface area contributed by atoms with Gasteiger partial charge in [0.05, 0.1) is 11.3 Å². The van der Waals surface area contributed by atoms with Crippen molar-refractivity contribution < 1.29 is 14.4 Å². The van der Waals surface area contributed by atoms with Gasteiger partial charge in [-0.2, -0.15) is 0 Å². The van der Waals surface area contributed by atoms with Gasteiger partial charge in [0.1, 0.15) is 0 Å². The van der Waals surface area contributed by atoms with Crippen LogP contribution in [0.1, 0.15) is 23.7 Å². The van der Waals surface area contributed by atoms with E-state index in [-0.39, 0.29) is 5.91 Å². The lowest BCUT2D eigenvalue weighted by molar-refractivity contribution is -0.136. The predicted molar refractivity (Wildman–Crippen MR) is 115 cm³/mol. The van der Waals surface area contributed by atoms with Crippen molar-refractivity contribution in [2.24, 2.45) is 0 Å². The first-order valence-electron chi connectivity index (χ1n) is 9.64. The molecule has 0 aromatic heterocycles. The first kappa shape index (κ1) is 21.9. The van der Waals surface area contributed by atoms with E-state index in [2.05, 4.69) is 22.5 Å². The largest absolute Gasteiger partial charge is 0.372 e. The Morgan fingerprint density at radius 2 is 1.55 bits per heavy atom. The number of carbonyl (C=O) groups excluding carboxylic acids is 3. The highest BCUT2D eigenvalue weighted by molar-refractivity contribution is 6.40. The van der Waals surface area contributed by atoms with Crippen LogP contribution in [0.3, 0.4) is 0 Å². The van der Waals surface area contributed by atoms with Crippen molar-refractivity contribution in [1.82, 2.24) is 10.2 Å². The number of hydrogen-bond donors (Lipinski definition) is 2. The summed E-state index contributed by atoms with van der Waals surface area (Å²) >= 11 is 0. The minimum Gasteiger partial charge on any atom is -0.372 e. The van der Waals surface area contributed by atoms with E-state index in [1.807, 2.05) is 30.3 Å². The highest BCUT2D eigenvalue weighted by atomic mass is 16.2. The molecule has 7 heteroatoms. The summed E-state index contributed by atoms with van der Waals surface area (Å²) in [5.74, 6) is -1.76. The van der Waals surface area contributed by atoms with E-state index in [1.165, 1.54) is 4.90 Å². The number of carbonyl (C=O) groups is 3. The van der Waals surface area contributed by atoms with Crippen LogP contribution in [-0.4, -0.2) is 56.4 Å².